The van der Waals surface area contributed by atoms with Crippen LogP contribution in [0.25, 0.3) is 21.3 Å². The third kappa shape index (κ3) is 3.62. The zero-order valence-corrected chi connectivity index (χ0v) is 17.7. The molecule has 0 N–H and O–H groups in total. The standard InChI is InChI=1S/C25H23N3OS/c1-18-26-23-13-12-19(16-24(23)30-18)17-27-14-7-15-28(27)25(29)22-11-6-5-10-21(22)20-8-3-2-4-9-20/h2-6,8-13,16H,7,14-15,17H2,1H3. The number of hydrazine groups is 1. The van der Waals surface area contributed by atoms with Gasteiger partial charge in [0.15, 0.2) is 0 Å². The van der Waals surface area contributed by atoms with Crippen molar-refractivity contribution in [2.45, 2.75) is 19.9 Å². The predicted molar refractivity (Wildman–Crippen MR) is 122 cm³/mol. The molecule has 0 aliphatic carbocycles. The Labute approximate surface area is 180 Å². The maximum atomic E-state index is 13.5. The summed E-state index contributed by atoms with van der Waals surface area (Å²) in [6.07, 6.45) is 0.987. The van der Waals surface area contributed by atoms with E-state index in [1.54, 1.807) is 11.3 Å². The fraction of sp³-hybridized carbons (Fsp3) is 0.200. The number of fused-ring (bicyclic) bond motifs is 1. The Bertz CT molecular complexity index is 1200. The van der Waals surface area contributed by atoms with Crippen LogP contribution < -0.4 is 0 Å². The van der Waals surface area contributed by atoms with Gasteiger partial charge in [0.2, 0.25) is 0 Å². The summed E-state index contributed by atoms with van der Waals surface area (Å²) in [5.41, 5.74) is 5.06. The lowest BCUT2D eigenvalue weighted by atomic mass is 9.99. The van der Waals surface area contributed by atoms with Crippen LogP contribution in [0.1, 0.15) is 27.3 Å². The second-order valence-electron chi connectivity index (χ2n) is 7.62. The van der Waals surface area contributed by atoms with Crippen molar-refractivity contribution in [3.8, 4) is 11.1 Å². The van der Waals surface area contributed by atoms with E-state index in [4.69, 9.17) is 0 Å². The highest BCUT2D eigenvalue weighted by atomic mass is 32.1. The van der Waals surface area contributed by atoms with Gasteiger partial charge in [-0.1, -0.05) is 54.6 Å². The van der Waals surface area contributed by atoms with Gasteiger partial charge in [0, 0.05) is 25.2 Å². The second kappa shape index (κ2) is 8.01. The number of nitrogens with zero attached hydrogens (tertiary/aromatic N) is 3. The molecule has 0 radical (unpaired) electrons. The molecule has 5 rings (SSSR count). The van der Waals surface area contributed by atoms with Gasteiger partial charge < -0.3 is 0 Å². The molecule has 1 amide bonds. The monoisotopic (exact) mass is 413 g/mol. The highest BCUT2D eigenvalue weighted by Crippen LogP contribution is 2.28. The highest BCUT2D eigenvalue weighted by Gasteiger charge is 2.29. The van der Waals surface area contributed by atoms with Crippen molar-refractivity contribution in [2.75, 3.05) is 13.1 Å². The number of hydrogen-bond donors (Lipinski definition) is 0. The molecule has 1 aliphatic heterocycles. The molecular weight excluding hydrogens is 390 g/mol. The van der Waals surface area contributed by atoms with E-state index in [-0.39, 0.29) is 5.91 Å². The molecule has 3 aromatic carbocycles. The Kier molecular flexibility index (Phi) is 5.07. The Morgan fingerprint density at radius 1 is 1.00 bits per heavy atom. The van der Waals surface area contributed by atoms with Crippen molar-refractivity contribution >= 4 is 27.5 Å². The second-order valence-corrected chi connectivity index (χ2v) is 8.85. The number of aryl methyl sites for hydroxylation is 1. The number of carbonyl (C=O) groups is 1. The SMILES string of the molecule is Cc1nc2ccc(CN3CCCN3C(=O)c3ccccc3-c3ccccc3)cc2s1. The fourth-order valence-electron chi connectivity index (χ4n) is 4.13. The number of rotatable bonds is 4. The molecule has 0 atom stereocenters. The van der Waals surface area contributed by atoms with Crippen molar-refractivity contribution in [1.29, 1.82) is 0 Å². The van der Waals surface area contributed by atoms with Gasteiger partial charge in [-0.05, 0) is 48.2 Å². The molecule has 0 saturated carbocycles. The third-order valence-corrected chi connectivity index (χ3v) is 6.46. The first-order chi connectivity index (χ1) is 14.7. The van der Waals surface area contributed by atoms with Crippen molar-refractivity contribution in [3.05, 3.63) is 88.9 Å². The van der Waals surface area contributed by atoms with Gasteiger partial charge in [0.25, 0.3) is 5.91 Å². The molecule has 150 valence electrons. The van der Waals surface area contributed by atoms with Crippen molar-refractivity contribution in [1.82, 2.24) is 15.0 Å². The Morgan fingerprint density at radius 3 is 2.67 bits per heavy atom. The first-order valence-electron chi connectivity index (χ1n) is 10.3. The van der Waals surface area contributed by atoms with Gasteiger partial charge in [-0.25, -0.2) is 9.99 Å². The molecule has 4 nitrogen and oxygen atoms in total. The van der Waals surface area contributed by atoms with Gasteiger partial charge in [0.1, 0.15) is 0 Å². The van der Waals surface area contributed by atoms with Gasteiger partial charge in [0.05, 0.1) is 15.2 Å². The van der Waals surface area contributed by atoms with Crippen molar-refractivity contribution in [3.63, 3.8) is 0 Å². The molecule has 5 heteroatoms. The fourth-order valence-corrected chi connectivity index (χ4v) is 5.02. The number of aromatic nitrogens is 1. The van der Waals surface area contributed by atoms with E-state index in [9.17, 15) is 4.79 Å². The van der Waals surface area contributed by atoms with Crippen LogP contribution in [0.2, 0.25) is 0 Å². The van der Waals surface area contributed by atoms with Crippen LogP contribution in [0, 0.1) is 6.92 Å². The van der Waals surface area contributed by atoms with E-state index in [1.807, 2.05) is 54.4 Å². The summed E-state index contributed by atoms with van der Waals surface area (Å²) in [4.78, 5) is 18.1. The Balaban J connectivity index is 1.42. The minimum atomic E-state index is 0.0710. The lowest BCUT2D eigenvalue weighted by molar-refractivity contribution is 0.0171. The average Bonchev–Trinajstić information content (AvgIpc) is 3.39. The number of thiazole rings is 1. The summed E-state index contributed by atoms with van der Waals surface area (Å²) in [7, 11) is 0. The molecule has 1 aromatic heterocycles. The third-order valence-electron chi connectivity index (χ3n) is 5.53. The van der Waals surface area contributed by atoms with Crippen LogP contribution in [-0.4, -0.2) is 34.0 Å². The van der Waals surface area contributed by atoms with Gasteiger partial charge >= 0.3 is 0 Å². The van der Waals surface area contributed by atoms with E-state index in [2.05, 4.69) is 40.3 Å². The molecule has 0 unspecified atom stereocenters. The summed E-state index contributed by atoms with van der Waals surface area (Å²) in [6.45, 7) is 4.41. The predicted octanol–water partition coefficient (Wildman–Crippen LogP) is 5.53. The topological polar surface area (TPSA) is 36.4 Å². The molecule has 1 aliphatic rings. The summed E-state index contributed by atoms with van der Waals surface area (Å²) in [5, 5.41) is 5.18. The average molecular weight is 414 g/mol. The number of amides is 1. The molecule has 1 saturated heterocycles. The maximum absolute atomic E-state index is 13.5. The molecule has 0 bridgehead atoms. The Morgan fingerprint density at radius 2 is 1.80 bits per heavy atom. The first-order valence-corrected chi connectivity index (χ1v) is 11.1. The zero-order chi connectivity index (χ0) is 20.5. The van der Waals surface area contributed by atoms with Crippen LogP contribution in [-0.2, 0) is 6.54 Å². The van der Waals surface area contributed by atoms with Crippen LogP contribution in [0.5, 0.6) is 0 Å². The summed E-state index contributed by atoms with van der Waals surface area (Å²) >= 11 is 1.72. The minimum absolute atomic E-state index is 0.0710. The molecular formula is C25H23N3OS. The quantitative estimate of drug-likeness (QED) is 0.441. The van der Waals surface area contributed by atoms with Crippen LogP contribution in [0.15, 0.2) is 72.8 Å². The first kappa shape index (κ1) is 19.0. The van der Waals surface area contributed by atoms with Gasteiger partial charge in [-0.2, -0.15) is 0 Å². The molecule has 30 heavy (non-hydrogen) atoms. The van der Waals surface area contributed by atoms with E-state index < -0.39 is 0 Å². The van der Waals surface area contributed by atoms with Crippen LogP contribution in [0.3, 0.4) is 0 Å². The smallest absolute Gasteiger partial charge is 0.268 e. The zero-order valence-electron chi connectivity index (χ0n) is 16.9. The van der Waals surface area contributed by atoms with E-state index >= 15 is 0 Å². The number of carbonyl (C=O) groups excluding carboxylic acids is 1. The normalized spacial score (nSPS) is 14.5. The van der Waals surface area contributed by atoms with Gasteiger partial charge in [-0.15, -0.1) is 11.3 Å². The number of benzene rings is 3. The summed E-state index contributed by atoms with van der Waals surface area (Å²) in [6, 6.07) is 24.5. The summed E-state index contributed by atoms with van der Waals surface area (Å²) in [5.74, 6) is 0.0710. The molecule has 1 fully saturated rings. The minimum Gasteiger partial charge on any atom is -0.271 e. The van der Waals surface area contributed by atoms with E-state index in [0.29, 0.717) is 0 Å². The molecule has 0 spiro atoms. The lowest BCUT2D eigenvalue weighted by Crippen LogP contribution is -2.40. The highest BCUT2D eigenvalue weighted by molar-refractivity contribution is 7.18. The van der Waals surface area contributed by atoms with Crippen molar-refractivity contribution < 1.29 is 4.79 Å². The van der Waals surface area contributed by atoms with E-state index in [0.717, 1.165) is 53.3 Å². The van der Waals surface area contributed by atoms with Crippen LogP contribution in [0.4, 0.5) is 0 Å². The largest absolute Gasteiger partial charge is 0.271 e. The Hall–Kier alpha value is -3.02. The lowest BCUT2D eigenvalue weighted by Gasteiger charge is -2.28. The summed E-state index contributed by atoms with van der Waals surface area (Å²) < 4.78 is 1.21. The van der Waals surface area contributed by atoms with Crippen LogP contribution >= 0.6 is 11.3 Å². The van der Waals surface area contributed by atoms with E-state index in [1.165, 1.54) is 10.3 Å². The van der Waals surface area contributed by atoms with Gasteiger partial charge in [-0.3, -0.25) is 9.80 Å². The molecule has 4 aromatic rings. The van der Waals surface area contributed by atoms with Crippen molar-refractivity contribution in [2.24, 2.45) is 0 Å². The maximum Gasteiger partial charge on any atom is 0.268 e. The molecule has 2 heterocycles. The number of hydrogen-bond acceptors (Lipinski definition) is 4.